The molecule has 4 N–H and O–H groups in total. The quantitative estimate of drug-likeness (QED) is 0.397. The van der Waals surface area contributed by atoms with E-state index in [4.69, 9.17) is 33.4 Å². The number of hydrogen-bond acceptors (Lipinski definition) is 4. The monoisotopic (exact) mass is 265 g/mol. The molecule has 0 aromatic heterocycles. The molecule has 1 heterocycles. The highest BCUT2D eigenvalue weighted by molar-refractivity contribution is 7.31. The van der Waals surface area contributed by atoms with Crippen LogP contribution in [0.25, 0.3) is 0 Å². The fraction of sp³-hybridized carbons (Fsp3) is 1.00. The topological polar surface area (TPSA) is 128 Å². The van der Waals surface area contributed by atoms with Crippen molar-refractivity contribution in [1.29, 1.82) is 0 Å². The maximum absolute atomic E-state index is 8.74. The van der Waals surface area contributed by atoms with Gasteiger partial charge in [0.05, 0.1) is 13.2 Å². The van der Waals surface area contributed by atoms with Crippen molar-refractivity contribution >= 4 is 16.5 Å². The molecular weight excluding hydrogens is 248 g/mol. The van der Waals surface area contributed by atoms with E-state index in [9.17, 15) is 0 Å². The Kier molecular flexibility index (Phi) is 14.4. The van der Waals surface area contributed by atoms with Gasteiger partial charge in [-0.1, -0.05) is 0 Å². The van der Waals surface area contributed by atoms with Crippen molar-refractivity contribution in [1.82, 2.24) is 4.90 Å². The van der Waals surface area contributed by atoms with E-state index in [1.54, 1.807) is 0 Å². The van der Waals surface area contributed by atoms with Gasteiger partial charge in [-0.3, -0.25) is 9.13 Å². The summed E-state index contributed by atoms with van der Waals surface area (Å²) in [5.74, 6) is 0. The van der Waals surface area contributed by atoms with Gasteiger partial charge in [0.1, 0.15) is 0 Å². The lowest BCUT2D eigenvalue weighted by molar-refractivity contribution is 0.0503. The number of hydrogen-bond donors (Lipinski definition) is 4. The van der Waals surface area contributed by atoms with Gasteiger partial charge in [-0.15, -0.1) is 0 Å². The minimum absolute atomic E-state index is 0.913. The van der Waals surface area contributed by atoms with Crippen LogP contribution in [0.15, 0.2) is 0 Å². The Morgan fingerprint density at radius 1 is 1.00 bits per heavy atom. The Hall–Kier alpha value is 0.220. The van der Waals surface area contributed by atoms with Crippen LogP contribution in [0.3, 0.4) is 0 Å². The minimum atomic E-state index is -3.13. The van der Waals surface area contributed by atoms with Gasteiger partial charge in [-0.2, -0.15) is 0 Å². The van der Waals surface area contributed by atoms with Crippen LogP contribution in [-0.2, 0) is 13.9 Å². The van der Waals surface area contributed by atoms with Gasteiger partial charge in [-0.05, 0) is 7.05 Å². The molecule has 1 rings (SSSR count). The molecule has 1 aliphatic heterocycles. The van der Waals surface area contributed by atoms with E-state index in [1.807, 2.05) is 0 Å². The SMILES string of the molecule is CN1CCOCC1.O=[PH](O)O.O=[PH](O)O. The third kappa shape index (κ3) is 31.4. The molecule has 1 saturated heterocycles. The first-order chi connectivity index (χ1) is 6.86. The molecule has 0 aromatic rings. The lowest BCUT2D eigenvalue weighted by atomic mass is 10.5. The summed E-state index contributed by atoms with van der Waals surface area (Å²) in [5.41, 5.74) is 0. The van der Waals surface area contributed by atoms with Crippen LogP contribution < -0.4 is 0 Å². The molecule has 94 valence electrons. The largest absolute Gasteiger partial charge is 0.379 e. The molecule has 0 aromatic carbocycles. The first kappa shape index (κ1) is 17.6. The highest BCUT2D eigenvalue weighted by Gasteiger charge is 2.02. The molecule has 0 saturated carbocycles. The number of ether oxygens (including phenoxy) is 1. The molecule has 1 aliphatic rings. The average molecular weight is 265 g/mol. The summed E-state index contributed by atoms with van der Waals surface area (Å²) >= 11 is 0. The summed E-state index contributed by atoms with van der Waals surface area (Å²) in [5, 5.41) is 0. The molecule has 0 bridgehead atoms. The van der Waals surface area contributed by atoms with Crippen molar-refractivity contribution in [2.75, 3.05) is 33.4 Å². The first-order valence-corrected chi connectivity index (χ1v) is 6.57. The van der Waals surface area contributed by atoms with Gasteiger partial charge in [0.2, 0.25) is 0 Å². The van der Waals surface area contributed by atoms with Crippen molar-refractivity contribution in [3.05, 3.63) is 0 Å². The normalized spacial score (nSPS) is 16.5. The van der Waals surface area contributed by atoms with Crippen molar-refractivity contribution in [3.63, 3.8) is 0 Å². The molecule has 8 nitrogen and oxygen atoms in total. The molecule has 0 amide bonds. The summed E-state index contributed by atoms with van der Waals surface area (Å²) in [4.78, 5) is 30.9. The van der Waals surface area contributed by atoms with Crippen LogP contribution in [0.1, 0.15) is 0 Å². The van der Waals surface area contributed by atoms with Gasteiger partial charge in [-0.25, -0.2) is 0 Å². The van der Waals surface area contributed by atoms with E-state index >= 15 is 0 Å². The molecule has 0 aliphatic carbocycles. The predicted molar refractivity (Wildman–Crippen MR) is 55.2 cm³/mol. The fourth-order valence-electron chi connectivity index (χ4n) is 0.655. The van der Waals surface area contributed by atoms with E-state index in [0.29, 0.717) is 0 Å². The van der Waals surface area contributed by atoms with Gasteiger partial charge in [0.15, 0.2) is 0 Å². The Balaban J connectivity index is 0. The zero-order chi connectivity index (χ0) is 12.3. The second kappa shape index (κ2) is 12.3. The third-order valence-electron chi connectivity index (χ3n) is 1.23. The van der Waals surface area contributed by atoms with Crippen LogP contribution >= 0.6 is 16.5 Å². The van der Waals surface area contributed by atoms with Crippen LogP contribution in [0.4, 0.5) is 0 Å². The predicted octanol–water partition coefficient (Wildman–Crippen LogP) is -1.33. The summed E-state index contributed by atoms with van der Waals surface area (Å²) in [6, 6.07) is 0. The number of morpholine rings is 1. The lowest BCUT2D eigenvalue weighted by Crippen LogP contribution is -2.32. The van der Waals surface area contributed by atoms with E-state index < -0.39 is 16.5 Å². The Morgan fingerprint density at radius 2 is 1.27 bits per heavy atom. The smallest absolute Gasteiger partial charge is 0.314 e. The lowest BCUT2D eigenvalue weighted by Gasteiger charge is -2.21. The summed E-state index contributed by atoms with van der Waals surface area (Å²) in [7, 11) is -4.15. The summed E-state index contributed by atoms with van der Waals surface area (Å²) < 4.78 is 22.6. The van der Waals surface area contributed by atoms with Crippen LogP contribution in [0.2, 0.25) is 0 Å². The van der Waals surface area contributed by atoms with Crippen molar-refractivity contribution in [2.24, 2.45) is 0 Å². The zero-order valence-electron chi connectivity index (χ0n) is 8.29. The average Bonchev–Trinajstić information content (AvgIpc) is 2.03. The second-order valence-corrected chi connectivity index (χ2v) is 3.61. The van der Waals surface area contributed by atoms with Gasteiger partial charge in [0.25, 0.3) is 0 Å². The molecule has 0 unspecified atom stereocenters. The van der Waals surface area contributed by atoms with Crippen LogP contribution in [0, 0.1) is 0 Å². The molecule has 0 atom stereocenters. The van der Waals surface area contributed by atoms with E-state index in [0.717, 1.165) is 26.3 Å². The van der Waals surface area contributed by atoms with Crippen molar-refractivity contribution < 1.29 is 33.4 Å². The van der Waals surface area contributed by atoms with Crippen LogP contribution in [0.5, 0.6) is 0 Å². The maximum Gasteiger partial charge on any atom is 0.314 e. The molecular formula is C5H17NO7P2. The van der Waals surface area contributed by atoms with Crippen molar-refractivity contribution in [3.8, 4) is 0 Å². The van der Waals surface area contributed by atoms with Crippen LogP contribution in [-0.4, -0.2) is 57.8 Å². The van der Waals surface area contributed by atoms with Gasteiger partial charge >= 0.3 is 16.5 Å². The van der Waals surface area contributed by atoms with E-state index in [1.165, 1.54) is 0 Å². The van der Waals surface area contributed by atoms with Crippen molar-refractivity contribution in [2.45, 2.75) is 0 Å². The van der Waals surface area contributed by atoms with E-state index in [2.05, 4.69) is 11.9 Å². The highest BCUT2D eigenvalue weighted by Crippen LogP contribution is 1.98. The second-order valence-electron chi connectivity index (χ2n) is 2.48. The summed E-state index contributed by atoms with van der Waals surface area (Å²) in [6.07, 6.45) is 0. The Morgan fingerprint density at radius 3 is 1.40 bits per heavy atom. The van der Waals surface area contributed by atoms with Gasteiger partial charge in [0, 0.05) is 13.1 Å². The molecule has 10 heteroatoms. The fourth-order valence-corrected chi connectivity index (χ4v) is 0.655. The Bertz CT molecular complexity index is 164. The molecule has 15 heavy (non-hydrogen) atoms. The first-order valence-electron chi connectivity index (χ1n) is 3.96. The molecule has 1 fully saturated rings. The third-order valence-corrected chi connectivity index (χ3v) is 1.23. The number of rotatable bonds is 0. The maximum atomic E-state index is 8.74. The molecule has 0 radical (unpaired) electrons. The Labute approximate surface area is 89.0 Å². The minimum Gasteiger partial charge on any atom is -0.379 e. The highest BCUT2D eigenvalue weighted by atomic mass is 31.1. The standard InChI is InChI=1S/C5H11NO.2H3O3P/c1-6-2-4-7-5-3-6;2*1-4(2)3/h2-5H2,1H3;2*4H,(H2,1,2,3). The number of nitrogens with zero attached hydrogens (tertiary/aromatic N) is 1. The van der Waals surface area contributed by atoms with Gasteiger partial charge < -0.3 is 29.2 Å². The molecule has 0 spiro atoms. The summed E-state index contributed by atoms with van der Waals surface area (Å²) in [6.45, 7) is 4.02. The van der Waals surface area contributed by atoms with E-state index in [-0.39, 0.29) is 0 Å². The number of likely N-dealkylation sites (N-methyl/N-ethyl adjacent to an activating group) is 1. The zero-order valence-corrected chi connectivity index (χ0v) is 10.3.